The molecule has 1 heterocycles. The summed E-state index contributed by atoms with van der Waals surface area (Å²) < 4.78 is 54.1. The molecule has 0 aliphatic carbocycles. The highest BCUT2D eigenvalue weighted by Gasteiger charge is 2.26. The van der Waals surface area contributed by atoms with Crippen molar-refractivity contribution in [2.45, 2.75) is 17.2 Å². The van der Waals surface area contributed by atoms with E-state index in [9.17, 15) is 17.2 Å². The first-order valence-electron chi connectivity index (χ1n) is 6.34. The number of nitrogens with zero attached hydrogens (tertiary/aromatic N) is 2. The van der Waals surface area contributed by atoms with Crippen molar-refractivity contribution >= 4 is 21.2 Å². The lowest BCUT2D eigenvalue weighted by molar-refractivity contribution is 0.183. The zero-order chi connectivity index (χ0) is 16.2. The molecule has 22 heavy (non-hydrogen) atoms. The van der Waals surface area contributed by atoms with Crippen molar-refractivity contribution in [3.63, 3.8) is 0 Å². The van der Waals surface area contributed by atoms with Crippen LogP contribution in [0.4, 0.5) is 20.2 Å². The number of aromatic nitrogens is 2. The van der Waals surface area contributed by atoms with Gasteiger partial charge in [0.2, 0.25) is 9.84 Å². The van der Waals surface area contributed by atoms with Gasteiger partial charge in [0.25, 0.3) is 0 Å². The zero-order valence-corrected chi connectivity index (χ0v) is 12.6. The van der Waals surface area contributed by atoms with Gasteiger partial charge in [-0.05, 0) is 24.3 Å². The summed E-state index contributed by atoms with van der Waals surface area (Å²) in [5.74, 6) is -3.43. The monoisotopic (exact) mass is 331 g/mol. The standard InChI is InChI=1S/C13H15F2N3O3S/c1-21-7-6-18-9-11(8-16-18)17-10-2-4-12(5-3-10)22(19,20)13(14)15/h2-5,8-9,13,17H,6-7H2,1H3. The van der Waals surface area contributed by atoms with E-state index in [1.165, 1.54) is 12.1 Å². The fraction of sp³-hybridized carbons (Fsp3) is 0.308. The van der Waals surface area contributed by atoms with E-state index < -0.39 is 20.5 Å². The Morgan fingerprint density at radius 2 is 1.95 bits per heavy atom. The van der Waals surface area contributed by atoms with Crippen LogP contribution in [0.25, 0.3) is 0 Å². The molecule has 2 rings (SSSR count). The number of halogens is 2. The van der Waals surface area contributed by atoms with E-state index in [2.05, 4.69) is 10.4 Å². The van der Waals surface area contributed by atoms with E-state index in [1.54, 1.807) is 24.2 Å². The Hall–Kier alpha value is -2.00. The largest absolute Gasteiger partial charge is 0.383 e. The lowest BCUT2D eigenvalue weighted by Crippen LogP contribution is -2.11. The van der Waals surface area contributed by atoms with Gasteiger partial charge in [0, 0.05) is 19.0 Å². The lowest BCUT2D eigenvalue weighted by Gasteiger charge is -2.06. The van der Waals surface area contributed by atoms with E-state index >= 15 is 0 Å². The highest BCUT2D eigenvalue weighted by Crippen LogP contribution is 2.22. The first kappa shape index (κ1) is 16.4. The molecule has 0 saturated heterocycles. The maximum absolute atomic E-state index is 12.4. The maximum atomic E-state index is 12.4. The first-order valence-corrected chi connectivity index (χ1v) is 7.88. The van der Waals surface area contributed by atoms with Crippen LogP contribution in [0.2, 0.25) is 0 Å². The molecule has 0 spiro atoms. The van der Waals surface area contributed by atoms with Crippen LogP contribution in [-0.4, -0.2) is 37.7 Å². The Bertz CT molecular complexity index is 714. The molecular weight excluding hydrogens is 316 g/mol. The van der Waals surface area contributed by atoms with Crippen LogP contribution in [-0.2, 0) is 21.1 Å². The third-order valence-electron chi connectivity index (χ3n) is 2.86. The number of anilines is 2. The van der Waals surface area contributed by atoms with Gasteiger partial charge in [-0.3, -0.25) is 4.68 Å². The van der Waals surface area contributed by atoms with Crippen LogP contribution in [0.1, 0.15) is 0 Å². The Morgan fingerprint density at radius 1 is 1.27 bits per heavy atom. The second-order valence-corrected chi connectivity index (χ2v) is 6.36. The number of ether oxygens (including phenoxy) is 1. The molecule has 0 aliphatic heterocycles. The molecule has 0 amide bonds. The third-order valence-corrected chi connectivity index (χ3v) is 4.26. The minimum atomic E-state index is -4.56. The molecule has 2 aromatic rings. The van der Waals surface area contributed by atoms with E-state index in [4.69, 9.17) is 4.74 Å². The molecule has 9 heteroatoms. The predicted molar refractivity (Wildman–Crippen MR) is 77.0 cm³/mol. The maximum Gasteiger partial charge on any atom is 0.341 e. The van der Waals surface area contributed by atoms with E-state index in [0.29, 0.717) is 24.5 Å². The lowest BCUT2D eigenvalue weighted by atomic mass is 10.3. The summed E-state index contributed by atoms with van der Waals surface area (Å²) in [5.41, 5.74) is 1.26. The van der Waals surface area contributed by atoms with Gasteiger partial charge in [-0.1, -0.05) is 0 Å². The van der Waals surface area contributed by atoms with Crippen molar-refractivity contribution in [2.75, 3.05) is 19.0 Å². The molecule has 0 saturated carbocycles. The highest BCUT2D eigenvalue weighted by molar-refractivity contribution is 7.91. The Balaban J connectivity index is 2.07. The quantitative estimate of drug-likeness (QED) is 0.842. The molecule has 0 atom stereocenters. The fourth-order valence-electron chi connectivity index (χ4n) is 1.73. The van der Waals surface area contributed by atoms with Crippen LogP contribution in [0.5, 0.6) is 0 Å². The molecule has 0 bridgehead atoms. The summed E-state index contributed by atoms with van der Waals surface area (Å²) in [6.07, 6.45) is 3.35. The van der Waals surface area contributed by atoms with Crippen molar-refractivity contribution in [1.29, 1.82) is 0 Å². The van der Waals surface area contributed by atoms with Crippen LogP contribution in [0, 0.1) is 0 Å². The van der Waals surface area contributed by atoms with Crippen molar-refractivity contribution in [3.8, 4) is 0 Å². The molecule has 0 fully saturated rings. The second kappa shape index (κ2) is 6.84. The number of hydrogen-bond acceptors (Lipinski definition) is 5. The number of alkyl halides is 2. The van der Waals surface area contributed by atoms with Gasteiger partial charge in [0.05, 0.1) is 29.9 Å². The third kappa shape index (κ3) is 3.80. The smallest absolute Gasteiger partial charge is 0.341 e. The van der Waals surface area contributed by atoms with Gasteiger partial charge in [0.15, 0.2) is 0 Å². The Labute approximate surface area is 126 Å². The summed E-state index contributed by atoms with van der Waals surface area (Å²) in [4.78, 5) is -0.413. The van der Waals surface area contributed by atoms with Crippen molar-refractivity contribution in [2.24, 2.45) is 0 Å². The molecule has 1 aromatic heterocycles. The molecule has 1 N–H and O–H groups in total. The summed E-state index contributed by atoms with van der Waals surface area (Å²) >= 11 is 0. The van der Waals surface area contributed by atoms with Gasteiger partial charge in [-0.15, -0.1) is 0 Å². The average molecular weight is 331 g/mol. The van der Waals surface area contributed by atoms with Crippen molar-refractivity contribution < 1.29 is 21.9 Å². The van der Waals surface area contributed by atoms with Gasteiger partial charge >= 0.3 is 5.76 Å². The molecule has 0 unspecified atom stereocenters. The van der Waals surface area contributed by atoms with Crippen LogP contribution < -0.4 is 5.32 Å². The van der Waals surface area contributed by atoms with Crippen LogP contribution >= 0.6 is 0 Å². The van der Waals surface area contributed by atoms with Crippen LogP contribution in [0.3, 0.4) is 0 Å². The minimum absolute atomic E-state index is 0.413. The summed E-state index contributed by atoms with van der Waals surface area (Å²) in [6, 6.07) is 5.11. The predicted octanol–water partition coefficient (Wildman–Crippen LogP) is 2.27. The van der Waals surface area contributed by atoms with Gasteiger partial charge in [-0.25, -0.2) is 8.42 Å². The molecule has 6 nitrogen and oxygen atoms in total. The SMILES string of the molecule is COCCn1cc(Nc2ccc(S(=O)(=O)C(F)F)cc2)cn1. The summed E-state index contributed by atoms with van der Waals surface area (Å²) in [7, 11) is -2.97. The number of hydrogen-bond donors (Lipinski definition) is 1. The van der Waals surface area contributed by atoms with Crippen molar-refractivity contribution in [1.82, 2.24) is 9.78 Å². The molecule has 0 radical (unpaired) electrons. The topological polar surface area (TPSA) is 73.2 Å². The normalized spacial score (nSPS) is 11.8. The van der Waals surface area contributed by atoms with E-state index in [0.717, 1.165) is 12.1 Å². The van der Waals surface area contributed by atoms with Gasteiger partial charge in [-0.2, -0.15) is 13.9 Å². The van der Waals surface area contributed by atoms with Gasteiger partial charge < -0.3 is 10.1 Å². The average Bonchev–Trinajstić information content (AvgIpc) is 2.93. The molecule has 0 aliphatic rings. The number of rotatable bonds is 7. The Kier molecular flexibility index (Phi) is 5.09. The number of nitrogens with one attached hydrogen (secondary N) is 1. The highest BCUT2D eigenvalue weighted by atomic mass is 32.2. The van der Waals surface area contributed by atoms with E-state index in [-0.39, 0.29) is 0 Å². The first-order chi connectivity index (χ1) is 10.4. The van der Waals surface area contributed by atoms with Crippen molar-refractivity contribution in [3.05, 3.63) is 36.7 Å². The summed E-state index contributed by atoms with van der Waals surface area (Å²) in [5, 5.41) is 7.11. The Morgan fingerprint density at radius 3 is 2.55 bits per heavy atom. The number of benzene rings is 1. The molecule has 120 valence electrons. The minimum Gasteiger partial charge on any atom is -0.383 e. The van der Waals surface area contributed by atoms with Gasteiger partial charge in [0.1, 0.15) is 0 Å². The van der Waals surface area contributed by atoms with Crippen LogP contribution in [0.15, 0.2) is 41.6 Å². The molecule has 1 aromatic carbocycles. The number of sulfone groups is 1. The second-order valence-electron chi connectivity index (χ2n) is 4.44. The van der Waals surface area contributed by atoms with E-state index in [1.807, 2.05) is 0 Å². The summed E-state index contributed by atoms with van der Waals surface area (Å²) in [6.45, 7) is 1.13. The molecular formula is C13H15F2N3O3S. The number of methoxy groups -OCH3 is 1. The zero-order valence-electron chi connectivity index (χ0n) is 11.7. The fourth-order valence-corrected chi connectivity index (χ4v) is 2.45.